The van der Waals surface area contributed by atoms with Gasteiger partial charge in [0.05, 0.1) is 0 Å². The second-order valence-electron chi connectivity index (χ2n) is 3.91. The summed E-state index contributed by atoms with van der Waals surface area (Å²) in [5, 5.41) is 0.652. The lowest BCUT2D eigenvalue weighted by atomic mass is 10.2. The van der Waals surface area contributed by atoms with Gasteiger partial charge in [-0.2, -0.15) is 0 Å². The number of ether oxygens (including phenoxy) is 1. The Kier molecular flexibility index (Phi) is 4.93. The Balaban J connectivity index is 2.04. The van der Waals surface area contributed by atoms with Crippen molar-refractivity contribution in [2.24, 2.45) is 0 Å². The number of carbonyl (C=O) groups excluding carboxylic acids is 1. The van der Waals surface area contributed by atoms with Gasteiger partial charge >= 0.3 is 5.97 Å². The molecule has 0 bridgehead atoms. The van der Waals surface area contributed by atoms with E-state index in [-0.39, 0.29) is 5.97 Å². The summed E-state index contributed by atoms with van der Waals surface area (Å²) < 4.78 is 5.30. The summed E-state index contributed by atoms with van der Waals surface area (Å²) in [6.45, 7) is 0. The van der Waals surface area contributed by atoms with E-state index in [1.54, 1.807) is 12.1 Å². The quantitative estimate of drug-likeness (QED) is 0.366. The fourth-order valence-electron chi connectivity index (χ4n) is 1.58. The Morgan fingerprint density at radius 1 is 1.05 bits per heavy atom. The van der Waals surface area contributed by atoms with Crippen molar-refractivity contribution in [1.29, 1.82) is 0 Å². The van der Waals surface area contributed by atoms with Crippen LogP contribution in [-0.2, 0) is 10.1 Å². The monoisotopic (exact) mass is 316 g/mol. The van der Waals surface area contributed by atoms with Gasteiger partial charge in [0, 0.05) is 17.0 Å². The summed E-state index contributed by atoms with van der Waals surface area (Å²) in [7, 11) is 0. The van der Waals surface area contributed by atoms with Crippen molar-refractivity contribution in [3.63, 3.8) is 0 Å². The van der Waals surface area contributed by atoms with Gasteiger partial charge in [-0.15, -0.1) is 0 Å². The zero-order valence-corrected chi connectivity index (χ0v) is 11.8. The van der Waals surface area contributed by atoms with Crippen LogP contribution in [0.2, 0.25) is 0 Å². The first-order chi connectivity index (χ1) is 9.29. The molecule has 0 N–H and O–H groups in total. The van der Waals surface area contributed by atoms with Crippen LogP contribution in [0.3, 0.4) is 0 Å². The molecule has 0 atom stereocenters. The summed E-state index contributed by atoms with van der Waals surface area (Å²) in [5.74, 6) is 0.208. The third-order valence-corrected chi connectivity index (χ3v) is 3.14. The molecule has 0 unspecified atom stereocenters. The normalized spacial score (nSPS) is 10.6. The van der Waals surface area contributed by atoms with Crippen LogP contribution in [0.15, 0.2) is 60.7 Å². The molecule has 0 radical (unpaired) electrons. The van der Waals surface area contributed by atoms with Crippen molar-refractivity contribution in [3.05, 3.63) is 71.8 Å². The Bertz CT molecular complexity index is 576. The third kappa shape index (κ3) is 4.07. The molecule has 0 spiro atoms. The van der Waals surface area contributed by atoms with E-state index >= 15 is 0 Å². The molecular formula is C16H13BrO2. The Morgan fingerprint density at radius 2 is 1.74 bits per heavy atom. The molecule has 96 valence electrons. The van der Waals surface area contributed by atoms with E-state index in [4.69, 9.17) is 4.74 Å². The van der Waals surface area contributed by atoms with Crippen LogP contribution in [0.4, 0.5) is 0 Å². The second-order valence-corrected chi connectivity index (χ2v) is 4.47. The summed E-state index contributed by atoms with van der Waals surface area (Å²) in [6, 6.07) is 17.1. The lowest BCUT2D eigenvalue weighted by Crippen LogP contribution is -2.05. The average molecular weight is 317 g/mol. The Morgan fingerprint density at radius 3 is 2.47 bits per heavy atom. The Labute approximate surface area is 120 Å². The highest BCUT2D eigenvalue weighted by Crippen LogP contribution is 2.20. The molecule has 0 aliphatic carbocycles. The largest absolute Gasteiger partial charge is 0.423 e. The molecule has 0 saturated heterocycles. The molecule has 0 aromatic heterocycles. The number of esters is 1. The number of alkyl halides is 1. The molecule has 2 nitrogen and oxygen atoms in total. The van der Waals surface area contributed by atoms with Crippen molar-refractivity contribution in [1.82, 2.24) is 0 Å². The van der Waals surface area contributed by atoms with Crippen LogP contribution in [-0.4, -0.2) is 5.97 Å². The lowest BCUT2D eigenvalue weighted by Gasteiger charge is -2.05. The van der Waals surface area contributed by atoms with E-state index < -0.39 is 0 Å². The minimum absolute atomic E-state index is 0.378. The van der Waals surface area contributed by atoms with Crippen LogP contribution in [0, 0.1) is 0 Å². The zero-order chi connectivity index (χ0) is 13.5. The van der Waals surface area contributed by atoms with E-state index in [2.05, 4.69) is 15.9 Å². The molecule has 2 aromatic rings. The van der Waals surface area contributed by atoms with Crippen LogP contribution in [0.25, 0.3) is 6.08 Å². The number of benzene rings is 2. The van der Waals surface area contributed by atoms with Crippen LogP contribution >= 0.6 is 15.9 Å². The second kappa shape index (κ2) is 6.90. The van der Waals surface area contributed by atoms with Crippen LogP contribution < -0.4 is 4.74 Å². The van der Waals surface area contributed by atoms with Crippen molar-refractivity contribution in [2.45, 2.75) is 5.33 Å². The first-order valence-electron chi connectivity index (χ1n) is 5.88. The molecule has 3 heteroatoms. The van der Waals surface area contributed by atoms with Gasteiger partial charge in [0.1, 0.15) is 5.75 Å². The molecule has 0 heterocycles. The van der Waals surface area contributed by atoms with Gasteiger partial charge in [-0.05, 0) is 17.7 Å². The predicted octanol–water partition coefficient (Wildman–Crippen LogP) is 4.20. The molecule has 0 aliphatic rings. The number of para-hydroxylation sites is 1. The van der Waals surface area contributed by atoms with Crippen molar-refractivity contribution >= 4 is 28.0 Å². The van der Waals surface area contributed by atoms with Crippen molar-refractivity contribution in [3.8, 4) is 5.75 Å². The highest BCUT2D eigenvalue weighted by atomic mass is 79.9. The van der Waals surface area contributed by atoms with Crippen molar-refractivity contribution < 1.29 is 9.53 Å². The fraction of sp³-hybridized carbons (Fsp3) is 0.0625. The fourth-order valence-corrected chi connectivity index (χ4v) is 2.05. The zero-order valence-electron chi connectivity index (χ0n) is 10.3. The van der Waals surface area contributed by atoms with Gasteiger partial charge in [0.2, 0.25) is 0 Å². The number of halogens is 1. The summed E-state index contributed by atoms with van der Waals surface area (Å²) in [4.78, 5) is 11.7. The minimum atomic E-state index is -0.378. The van der Waals surface area contributed by atoms with Gasteiger partial charge < -0.3 is 4.74 Å². The van der Waals surface area contributed by atoms with Crippen LogP contribution in [0.5, 0.6) is 5.75 Å². The van der Waals surface area contributed by atoms with Gasteiger partial charge in [0.15, 0.2) is 0 Å². The number of rotatable bonds is 4. The lowest BCUT2D eigenvalue weighted by molar-refractivity contribution is -0.128. The van der Waals surface area contributed by atoms with E-state index in [0.29, 0.717) is 11.1 Å². The topological polar surface area (TPSA) is 26.3 Å². The highest BCUT2D eigenvalue weighted by Gasteiger charge is 2.05. The average Bonchev–Trinajstić information content (AvgIpc) is 2.47. The molecule has 0 aliphatic heterocycles. The first kappa shape index (κ1) is 13.6. The molecule has 0 amide bonds. The van der Waals surface area contributed by atoms with E-state index in [0.717, 1.165) is 11.1 Å². The smallest absolute Gasteiger partial charge is 0.336 e. The molecule has 2 rings (SSSR count). The highest BCUT2D eigenvalue weighted by molar-refractivity contribution is 9.08. The molecule has 19 heavy (non-hydrogen) atoms. The number of hydrogen-bond acceptors (Lipinski definition) is 2. The van der Waals surface area contributed by atoms with Gasteiger partial charge in [-0.25, -0.2) is 4.79 Å². The van der Waals surface area contributed by atoms with Gasteiger partial charge in [-0.1, -0.05) is 64.5 Å². The number of carbonyl (C=O) groups is 1. The standard InChI is InChI=1S/C16H13BrO2/c17-12-14-8-4-5-9-15(14)19-16(18)11-10-13-6-2-1-3-7-13/h1-11H,12H2/b11-10+. The van der Waals surface area contributed by atoms with Gasteiger partial charge in [0.25, 0.3) is 0 Å². The van der Waals surface area contributed by atoms with Crippen LogP contribution in [0.1, 0.15) is 11.1 Å². The maximum Gasteiger partial charge on any atom is 0.336 e. The maximum atomic E-state index is 11.7. The Hall–Kier alpha value is -1.87. The summed E-state index contributed by atoms with van der Waals surface area (Å²) >= 11 is 3.36. The molecule has 0 fully saturated rings. The van der Waals surface area contributed by atoms with E-state index in [1.165, 1.54) is 6.08 Å². The predicted molar refractivity (Wildman–Crippen MR) is 80.2 cm³/mol. The summed E-state index contributed by atoms with van der Waals surface area (Å²) in [6.07, 6.45) is 3.17. The number of hydrogen-bond donors (Lipinski definition) is 0. The molecule has 2 aromatic carbocycles. The van der Waals surface area contributed by atoms with E-state index in [1.807, 2.05) is 48.5 Å². The van der Waals surface area contributed by atoms with Gasteiger partial charge in [-0.3, -0.25) is 0 Å². The molecule has 0 saturated carbocycles. The molecular weight excluding hydrogens is 304 g/mol. The third-order valence-electron chi connectivity index (χ3n) is 2.54. The van der Waals surface area contributed by atoms with E-state index in [9.17, 15) is 4.79 Å². The SMILES string of the molecule is O=C(/C=C/c1ccccc1)Oc1ccccc1CBr. The van der Waals surface area contributed by atoms with Crippen molar-refractivity contribution in [2.75, 3.05) is 0 Å². The summed E-state index contributed by atoms with van der Waals surface area (Å²) in [5.41, 5.74) is 1.91. The minimum Gasteiger partial charge on any atom is -0.423 e. The first-order valence-corrected chi connectivity index (χ1v) is 7.00. The maximum absolute atomic E-state index is 11.7.